The molecule has 4 heteroatoms. The maximum absolute atomic E-state index is 6.13. The summed E-state index contributed by atoms with van der Waals surface area (Å²) in [6.07, 6.45) is 3.76. The fraction of sp³-hybridized carbons (Fsp3) is 0. The van der Waals surface area contributed by atoms with Crippen LogP contribution in [0.3, 0.4) is 0 Å². The first kappa shape index (κ1) is 23.3. The third-order valence-electron chi connectivity index (χ3n) is 7.72. The van der Waals surface area contributed by atoms with Crippen molar-refractivity contribution in [1.29, 1.82) is 0 Å². The van der Waals surface area contributed by atoms with E-state index >= 15 is 0 Å². The van der Waals surface area contributed by atoms with E-state index in [2.05, 4.69) is 118 Å². The van der Waals surface area contributed by atoms with Gasteiger partial charge in [0, 0.05) is 29.1 Å². The normalized spacial score (nSPS) is 11.4. The van der Waals surface area contributed by atoms with Gasteiger partial charge in [-0.2, -0.15) is 0 Å². The molecule has 0 saturated heterocycles. The maximum Gasteiger partial charge on any atom is 0.248 e. The van der Waals surface area contributed by atoms with Crippen LogP contribution < -0.4 is 0 Å². The van der Waals surface area contributed by atoms with E-state index in [1.807, 2.05) is 36.7 Å². The molecular formula is C37H23N3O. The Hall–Kier alpha value is -5.61. The highest BCUT2D eigenvalue weighted by Gasteiger charge is 2.17. The molecule has 4 nitrogen and oxygen atoms in total. The van der Waals surface area contributed by atoms with E-state index in [4.69, 9.17) is 4.42 Å². The molecule has 192 valence electrons. The first-order valence-electron chi connectivity index (χ1n) is 13.6. The molecule has 0 fully saturated rings. The Morgan fingerprint density at radius 3 is 1.59 bits per heavy atom. The summed E-state index contributed by atoms with van der Waals surface area (Å²) < 4.78 is 6.13. The minimum absolute atomic E-state index is 0.501. The second-order valence-corrected chi connectivity index (χ2v) is 10.1. The van der Waals surface area contributed by atoms with E-state index in [0.717, 1.165) is 27.6 Å². The lowest BCUT2D eigenvalue weighted by molar-refractivity contribution is 0.584. The molecule has 0 saturated carbocycles. The van der Waals surface area contributed by atoms with Gasteiger partial charge in [0.25, 0.3) is 0 Å². The van der Waals surface area contributed by atoms with Crippen LogP contribution in [0.5, 0.6) is 0 Å². The van der Waals surface area contributed by atoms with Crippen LogP contribution >= 0.6 is 0 Å². The van der Waals surface area contributed by atoms with Crippen molar-refractivity contribution < 1.29 is 4.42 Å². The van der Waals surface area contributed by atoms with E-state index < -0.39 is 0 Å². The SMILES string of the molecule is c1cncc(-c2c3ccccc3c(-c3ccc(-c4nnc(-c5ccc6ccccc6c5)o4)cc3)c3ccccc23)c1. The second kappa shape index (κ2) is 9.54. The topological polar surface area (TPSA) is 51.8 Å². The Bertz CT molecular complexity index is 2140. The van der Waals surface area contributed by atoms with Gasteiger partial charge in [0.15, 0.2) is 0 Å². The van der Waals surface area contributed by atoms with Crippen molar-refractivity contribution in [3.63, 3.8) is 0 Å². The van der Waals surface area contributed by atoms with Gasteiger partial charge in [-0.25, -0.2) is 0 Å². The number of nitrogens with zero attached hydrogens (tertiary/aromatic N) is 3. The van der Waals surface area contributed by atoms with Crippen LogP contribution in [0.25, 0.3) is 77.5 Å². The predicted octanol–water partition coefficient (Wildman–Crippen LogP) is 9.59. The van der Waals surface area contributed by atoms with Gasteiger partial charge >= 0.3 is 0 Å². The van der Waals surface area contributed by atoms with E-state index in [9.17, 15) is 0 Å². The highest BCUT2D eigenvalue weighted by molar-refractivity contribution is 6.21. The number of rotatable bonds is 4. The second-order valence-electron chi connectivity index (χ2n) is 10.1. The summed E-state index contributed by atoms with van der Waals surface area (Å²) in [7, 11) is 0. The Kier molecular flexibility index (Phi) is 5.42. The van der Waals surface area contributed by atoms with Gasteiger partial charge in [-0.05, 0) is 79.3 Å². The molecule has 0 atom stereocenters. The van der Waals surface area contributed by atoms with Gasteiger partial charge in [-0.1, -0.05) is 97.1 Å². The predicted molar refractivity (Wildman–Crippen MR) is 166 cm³/mol. The number of hydrogen-bond acceptors (Lipinski definition) is 4. The molecule has 0 N–H and O–H groups in total. The summed E-state index contributed by atoms with van der Waals surface area (Å²) in [5.41, 5.74) is 6.45. The van der Waals surface area contributed by atoms with Crippen LogP contribution in [0.1, 0.15) is 0 Å². The molecule has 0 bridgehead atoms. The maximum atomic E-state index is 6.13. The molecule has 41 heavy (non-hydrogen) atoms. The zero-order chi connectivity index (χ0) is 27.2. The first-order valence-corrected chi connectivity index (χ1v) is 13.6. The zero-order valence-corrected chi connectivity index (χ0v) is 22.0. The largest absolute Gasteiger partial charge is 0.416 e. The fourth-order valence-corrected chi connectivity index (χ4v) is 5.82. The molecule has 2 aromatic heterocycles. The fourth-order valence-electron chi connectivity index (χ4n) is 5.82. The van der Waals surface area contributed by atoms with Crippen molar-refractivity contribution in [1.82, 2.24) is 15.2 Å². The minimum atomic E-state index is 0.501. The molecular weight excluding hydrogens is 502 g/mol. The molecule has 0 radical (unpaired) electrons. The van der Waals surface area contributed by atoms with E-state index in [0.29, 0.717) is 11.8 Å². The summed E-state index contributed by atoms with van der Waals surface area (Å²) in [5.74, 6) is 1.01. The van der Waals surface area contributed by atoms with Crippen LogP contribution in [0.15, 0.2) is 144 Å². The highest BCUT2D eigenvalue weighted by Crippen LogP contribution is 2.43. The number of aromatic nitrogens is 3. The average Bonchev–Trinajstić information content (AvgIpc) is 3.54. The van der Waals surface area contributed by atoms with Crippen LogP contribution in [0.2, 0.25) is 0 Å². The summed E-state index contributed by atoms with van der Waals surface area (Å²) >= 11 is 0. The lowest BCUT2D eigenvalue weighted by Crippen LogP contribution is -1.91. The molecule has 0 aliphatic carbocycles. The van der Waals surface area contributed by atoms with Crippen molar-refractivity contribution in [2.24, 2.45) is 0 Å². The lowest BCUT2D eigenvalue weighted by Gasteiger charge is -2.17. The molecule has 0 spiro atoms. The number of hydrogen-bond donors (Lipinski definition) is 0. The zero-order valence-electron chi connectivity index (χ0n) is 22.0. The van der Waals surface area contributed by atoms with Crippen LogP contribution in [-0.2, 0) is 0 Å². The Balaban J connectivity index is 1.23. The molecule has 8 aromatic rings. The molecule has 6 aromatic carbocycles. The van der Waals surface area contributed by atoms with Crippen molar-refractivity contribution in [2.75, 3.05) is 0 Å². The van der Waals surface area contributed by atoms with E-state index in [1.165, 1.54) is 38.1 Å². The molecule has 8 rings (SSSR count). The van der Waals surface area contributed by atoms with Crippen molar-refractivity contribution in [3.05, 3.63) is 140 Å². The third kappa shape index (κ3) is 3.97. The van der Waals surface area contributed by atoms with Gasteiger partial charge in [-0.15, -0.1) is 10.2 Å². The highest BCUT2D eigenvalue weighted by atomic mass is 16.4. The van der Waals surface area contributed by atoms with E-state index in [1.54, 1.807) is 0 Å². The summed E-state index contributed by atoms with van der Waals surface area (Å²) in [6.45, 7) is 0. The monoisotopic (exact) mass is 525 g/mol. The van der Waals surface area contributed by atoms with Crippen molar-refractivity contribution in [3.8, 4) is 45.2 Å². The van der Waals surface area contributed by atoms with Crippen LogP contribution in [0, 0.1) is 0 Å². The standard InChI is InChI=1S/C37H23N3O/c1-2-9-27-22-28(20-15-24(27)8-1)37-40-39-36(41-37)26-18-16-25(17-19-26)34-30-11-3-5-13-32(30)35(29-10-7-21-38-23-29)33-14-6-4-12-31(33)34/h1-23H. The Morgan fingerprint density at radius 1 is 0.415 bits per heavy atom. The van der Waals surface area contributed by atoms with Crippen LogP contribution in [0.4, 0.5) is 0 Å². The quantitative estimate of drug-likeness (QED) is 0.215. The van der Waals surface area contributed by atoms with E-state index in [-0.39, 0.29) is 0 Å². The van der Waals surface area contributed by atoms with Gasteiger partial charge in [0.1, 0.15) is 0 Å². The molecule has 0 aliphatic heterocycles. The third-order valence-corrected chi connectivity index (χ3v) is 7.72. The van der Waals surface area contributed by atoms with Gasteiger partial charge in [0.05, 0.1) is 0 Å². The smallest absolute Gasteiger partial charge is 0.248 e. The summed E-state index contributed by atoms with van der Waals surface area (Å²) in [4.78, 5) is 4.41. The number of benzene rings is 6. The number of fused-ring (bicyclic) bond motifs is 3. The van der Waals surface area contributed by atoms with Crippen molar-refractivity contribution >= 4 is 32.3 Å². The average molecular weight is 526 g/mol. The summed E-state index contributed by atoms with van der Waals surface area (Å²) in [5, 5.41) is 15.9. The van der Waals surface area contributed by atoms with Gasteiger partial charge in [0.2, 0.25) is 11.8 Å². The molecule has 0 aliphatic rings. The first-order chi connectivity index (χ1) is 20.3. The minimum Gasteiger partial charge on any atom is -0.416 e. The molecule has 0 unspecified atom stereocenters. The molecule has 0 amide bonds. The van der Waals surface area contributed by atoms with Gasteiger partial charge in [-0.3, -0.25) is 4.98 Å². The van der Waals surface area contributed by atoms with Crippen molar-refractivity contribution in [2.45, 2.75) is 0 Å². The Labute approximate surface area is 236 Å². The van der Waals surface area contributed by atoms with Crippen LogP contribution in [-0.4, -0.2) is 15.2 Å². The van der Waals surface area contributed by atoms with Gasteiger partial charge < -0.3 is 4.42 Å². The lowest BCUT2D eigenvalue weighted by atomic mass is 9.86. The molecule has 2 heterocycles. The summed E-state index contributed by atoms with van der Waals surface area (Å²) in [6, 6.07) is 44.2. The number of pyridine rings is 1. The Morgan fingerprint density at radius 2 is 0.951 bits per heavy atom.